The third-order valence-electron chi connectivity index (χ3n) is 2.72. The second-order valence-electron chi connectivity index (χ2n) is 3.74. The first-order chi connectivity index (χ1) is 6.28. The van der Waals surface area contributed by atoms with E-state index in [0.29, 0.717) is 0 Å². The molecule has 2 nitrogen and oxygen atoms in total. The van der Waals surface area contributed by atoms with Crippen LogP contribution in [0.2, 0.25) is 0 Å². The van der Waals surface area contributed by atoms with Gasteiger partial charge in [0.15, 0.2) is 0 Å². The molecule has 1 aliphatic rings. The third kappa shape index (κ3) is 1.41. The molecule has 0 saturated carbocycles. The largest absolute Gasteiger partial charge is 0.379 e. The molecular formula is C10H15NOS. The lowest BCUT2D eigenvalue weighted by molar-refractivity contribution is -0.0615. The van der Waals surface area contributed by atoms with Crippen molar-refractivity contribution in [1.29, 1.82) is 0 Å². The van der Waals surface area contributed by atoms with Crippen molar-refractivity contribution < 1.29 is 4.74 Å². The number of ether oxygens (including phenoxy) is 1. The van der Waals surface area contributed by atoms with Gasteiger partial charge in [0.25, 0.3) is 0 Å². The third-order valence-corrected chi connectivity index (χ3v) is 3.99. The second kappa shape index (κ2) is 3.40. The van der Waals surface area contributed by atoms with Crippen LogP contribution in [0.5, 0.6) is 0 Å². The molecule has 1 aromatic rings. The van der Waals surface area contributed by atoms with Crippen molar-refractivity contribution in [3.8, 4) is 0 Å². The van der Waals surface area contributed by atoms with Crippen LogP contribution in [0.4, 0.5) is 0 Å². The quantitative estimate of drug-likeness (QED) is 0.800. The lowest BCUT2D eigenvalue weighted by Gasteiger charge is -2.41. The van der Waals surface area contributed by atoms with Crippen LogP contribution in [0.1, 0.15) is 16.9 Å². The summed E-state index contributed by atoms with van der Waals surface area (Å²) in [6.07, 6.45) is 1.05. The number of aryl methyl sites for hydroxylation is 1. The normalized spacial score (nSPS) is 19.8. The minimum atomic E-state index is 0.257. The van der Waals surface area contributed by atoms with E-state index < -0.39 is 0 Å². The molecule has 1 saturated heterocycles. The molecule has 1 fully saturated rings. The van der Waals surface area contributed by atoms with E-state index in [1.807, 2.05) is 11.3 Å². The Balaban J connectivity index is 2.26. The van der Waals surface area contributed by atoms with Gasteiger partial charge in [-0.3, -0.25) is 0 Å². The molecule has 0 unspecified atom stereocenters. The first kappa shape index (κ1) is 9.19. The molecule has 13 heavy (non-hydrogen) atoms. The average Bonchev–Trinajstić information content (AvgIpc) is 2.44. The second-order valence-corrected chi connectivity index (χ2v) is 4.66. The molecule has 0 radical (unpaired) electrons. The van der Waals surface area contributed by atoms with Gasteiger partial charge < -0.3 is 10.5 Å². The zero-order valence-electron chi connectivity index (χ0n) is 7.88. The Morgan fingerprint density at radius 1 is 1.62 bits per heavy atom. The summed E-state index contributed by atoms with van der Waals surface area (Å²) in [4.78, 5) is 1.48. The highest BCUT2D eigenvalue weighted by Crippen LogP contribution is 2.39. The molecule has 0 bridgehead atoms. The highest BCUT2D eigenvalue weighted by Gasteiger charge is 2.41. The van der Waals surface area contributed by atoms with Gasteiger partial charge in [-0.1, -0.05) is 0 Å². The zero-order chi connectivity index (χ0) is 9.31. The van der Waals surface area contributed by atoms with Gasteiger partial charge >= 0.3 is 0 Å². The van der Waals surface area contributed by atoms with Crippen molar-refractivity contribution in [2.75, 3.05) is 19.8 Å². The van der Waals surface area contributed by atoms with Gasteiger partial charge in [0.2, 0.25) is 0 Å². The van der Waals surface area contributed by atoms with E-state index in [2.05, 4.69) is 18.4 Å². The number of hydrogen-bond acceptors (Lipinski definition) is 3. The maximum atomic E-state index is 5.63. The number of nitrogens with two attached hydrogens (primary N) is 1. The minimum Gasteiger partial charge on any atom is -0.379 e. The first-order valence-electron chi connectivity index (χ1n) is 4.61. The number of rotatable bonds is 3. The van der Waals surface area contributed by atoms with Gasteiger partial charge in [0.05, 0.1) is 18.6 Å². The molecule has 1 aromatic heterocycles. The number of thiophene rings is 1. The zero-order valence-corrected chi connectivity index (χ0v) is 8.69. The summed E-state index contributed by atoms with van der Waals surface area (Å²) in [6, 6.07) is 2.18. The Morgan fingerprint density at radius 2 is 2.38 bits per heavy atom. The topological polar surface area (TPSA) is 35.2 Å². The fourth-order valence-electron chi connectivity index (χ4n) is 1.93. The van der Waals surface area contributed by atoms with E-state index in [1.54, 1.807) is 0 Å². The fourth-order valence-corrected chi connectivity index (χ4v) is 3.06. The van der Waals surface area contributed by atoms with Gasteiger partial charge in [0.1, 0.15) is 0 Å². The lowest BCUT2D eigenvalue weighted by atomic mass is 9.79. The van der Waals surface area contributed by atoms with Crippen molar-refractivity contribution in [3.63, 3.8) is 0 Å². The van der Waals surface area contributed by atoms with E-state index >= 15 is 0 Å². The Labute approximate surface area is 82.7 Å². The van der Waals surface area contributed by atoms with Crippen molar-refractivity contribution in [2.45, 2.75) is 18.8 Å². The SMILES string of the molecule is Cc1ccsc1C1(CCN)COC1. The molecule has 1 aliphatic heterocycles. The summed E-state index contributed by atoms with van der Waals surface area (Å²) in [5.41, 5.74) is 7.28. The van der Waals surface area contributed by atoms with Gasteiger partial charge in [-0.05, 0) is 36.9 Å². The predicted octanol–water partition coefficient (Wildman–Crippen LogP) is 1.67. The average molecular weight is 197 g/mol. The lowest BCUT2D eigenvalue weighted by Crippen LogP contribution is -2.47. The first-order valence-corrected chi connectivity index (χ1v) is 5.49. The molecule has 2 N–H and O–H groups in total. The van der Waals surface area contributed by atoms with Crippen LogP contribution in [0, 0.1) is 6.92 Å². The minimum absolute atomic E-state index is 0.257. The van der Waals surface area contributed by atoms with E-state index in [4.69, 9.17) is 10.5 Å². The molecule has 0 atom stereocenters. The summed E-state index contributed by atoms with van der Waals surface area (Å²) in [6.45, 7) is 4.63. The fraction of sp³-hybridized carbons (Fsp3) is 0.600. The Morgan fingerprint density at radius 3 is 2.77 bits per heavy atom. The summed E-state index contributed by atoms with van der Waals surface area (Å²) in [5, 5.41) is 2.15. The molecule has 0 aliphatic carbocycles. The van der Waals surface area contributed by atoms with E-state index in [1.165, 1.54) is 10.4 Å². The van der Waals surface area contributed by atoms with Crippen LogP contribution in [-0.2, 0) is 10.2 Å². The Bertz CT molecular complexity index is 291. The van der Waals surface area contributed by atoms with Crippen LogP contribution in [0.3, 0.4) is 0 Å². The van der Waals surface area contributed by atoms with Crippen molar-refractivity contribution in [1.82, 2.24) is 0 Å². The van der Waals surface area contributed by atoms with E-state index in [-0.39, 0.29) is 5.41 Å². The van der Waals surface area contributed by atoms with Gasteiger partial charge in [-0.15, -0.1) is 11.3 Å². The highest BCUT2D eigenvalue weighted by atomic mass is 32.1. The molecule has 2 rings (SSSR count). The van der Waals surface area contributed by atoms with E-state index in [0.717, 1.165) is 26.2 Å². The standard InChI is InChI=1S/C10H15NOS/c1-8-2-5-13-9(8)10(3-4-11)6-12-7-10/h2,5H,3-4,6-7,11H2,1H3. The van der Waals surface area contributed by atoms with Crippen LogP contribution in [-0.4, -0.2) is 19.8 Å². The summed E-state index contributed by atoms with van der Waals surface area (Å²) >= 11 is 1.84. The molecule has 0 aromatic carbocycles. The Kier molecular flexibility index (Phi) is 2.41. The monoisotopic (exact) mass is 197 g/mol. The maximum absolute atomic E-state index is 5.63. The van der Waals surface area contributed by atoms with Gasteiger partial charge in [-0.25, -0.2) is 0 Å². The van der Waals surface area contributed by atoms with Crippen LogP contribution >= 0.6 is 11.3 Å². The summed E-state index contributed by atoms with van der Waals surface area (Å²) in [5.74, 6) is 0. The summed E-state index contributed by atoms with van der Waals surface area (Å²) < 4.78 is 5.32. The molecule has 3 heteroatoms. The number of hydrogen-bond donors (Lipinski definition) is 1. The van der Waals surface area contributed by atoms with Crippen molar-refractivity contribution in [2.24, 2.45) is 5.73 Å². The Hall–Kier alpha value is -0.380. The molecule has 72 valence electrons. The maximum Gasteiger partial charge on any atom is 0.0594 e. The molecule has 0 spiro atoms. The van der Waals surface area contributed by atoms with Crippen LogP contribution in [0.25, 0.3) is 0 Å². The van der Waals surface area contributed by atoms with E-state index in [9.17, 15) is 0 Å². The van der Waals surface area contributed by atoms with Crippen molar-refractivity contribution >= 4 is 11.3 Å². The van der Waals surface area contributed by atoms with Crippen LogP contribution < -0.4 is 5.73 Å². The van der Waals surface area contributed by atoms with Crippen LogP contribution in [0.15, 0.2) is 11.4 Å². The predicted molar refractivity (Wildman–Crippen MR) is 55.2 cm³/mol. The summed E-state index contributed by atoms with van der Waals surface area (Å²) in [7, 11) is 0. The van der Waals surface area contributed by atoms with Gasteiger partial charge in [0, 0.05) is 4.88 Å². The molecular weight excluding hydrogens is 182 g/mol. The highest BCUT2D eigenvalue weighted by molar-refractivity contribution is 7.10. The molecule has 0 amide bonds. The van der Waals surface area contributed by atoms with Gasteiger partial charge in [-0.2, -0.15) is 0 Å². The molecule has 2 heterocycles. The smallest absolute Gasteiger partial charge is 0.0594 e. The van der Waals surface area contributed by atoms with Crippen molar-refractivity contribution in [3.05, 3.63) is 21.9 Å².